The zero-order valence-corrected chi connectivity index (χ0v) is 22.5. The Morgan fingerprint density at radius 2 is 1.83 bits per heavy atom. The molecule has 2 N–H and O–H groups in total. The highest BCUT2D eigenvalue weighted by Gasteiger charge is 2.35. The number of nitrogens with one attached hydrogen (secondary N) is 1. The van der Waals surface area contributed by atoms with Gasteiger partial charge in [0.25, 0.3) is 0 Å². The molecule has 0 unspecified atom stereocenters. The van der Waals surface area contributed by atoms with Crippen LogP contribution in [0.1, 0.15) is 57.8 Å². The largest absolute Gasteiger partial charge is 0.395 e. The lowest BCUT2D eigenvalue weighted by atomic mass is 9.86. The fourth-order valence-electron chi connectivity index (χ4n) is 4.80. The number of aromatic nitrogens is 2. The molecule has 1 aliphatic carbocycles. The molecule has 0 radical (unpaired) electrons. The van der Waals surface area contributed by atoms with Crippen molar-refractivity contribution in [3.63, 3.8) is 0 Å². The quantitative estimate of drug-likeness (QED) is 0.255. The number of fused-ring (bicyclic) bond motifs is 1. The van der Waals surface area contributed by atoms with Crippen LogP contribution in [-0.4, -0.2) is 40.8 Å². The van der Waals surface area contributed by atoms with E-state index in [-0.39, 0.29) is 30.8 Å². The topological polar surface area (TPSA) is 53.3 Å². The number of rotatable bonds is 9. The molecule has 196 valence electrons. The summed E-state index contributed by atoms with van der Waals surface area (Å²) in [6.07, 6.45) is 1.09. The molecule has 5 nitrogen and oxygen atoms in total. The molecule has 1 aromatic heterocycles. The Balaban J connectivity index is 1.51. The highest BCUT2D eigenvalue weighted by molar-refractivity contribution is 8.00. The van der Waals surface area contributed by atoms with Gasteiger partial charge >= 0.3 is 0 Å². The zero-order chi connectivity index (χ0) is 25.9. The summed E-state index contributed by atoms with van der Waals surface area (Å²) in [6.45, 7) is 8.68. The van der Waals surface area contributed by atoms with Gasteiger partial charge in [-0.1, -0.05) is 32.9 Å². The summed E-state index contributed by atoms with van der Waals surface area (Å²) in [7, 11) is 2.05. The molecule has 4 rings (SSSR count). The number of aliphatic hydroxyl groups excluding tert-OH is 1. The molecular formula is C28H38F2N4OS. The average molecular weight is 517 g/mol. The minimum absolute atomic E-state index is 0.0124. The SMILES string of the molecule is CN(Sc1ccc(CNCCO)cc1)c1ccc2c(c1)nc(C(C)(C)C)n2CC1CCC(F)(F)CC1. The number of hydrogen-bond acceptors (Lipinski definition) is 5. The summed E-state index contributed by atoms with van der Waals surface area (Å²) in [5.74, 6) is -1.25. The molecule has 0 atom stereocenters. The Labute approximate surface area is 217 Å². The van der Waals surface area contributed by atoms with Crippen molar-refractivity contribution >= 4 is 28.7 Å². The zero-order valence-electron chi connectivity index (χ0n) is 21.7. The molecule has 8 heteroatoms. The first-order valence-corrected chi connectivity index (χ1v) is 13.5. The number of alkyl halides is 2. The summed E-state index contributed by atoms with van der Waals surface area (Å²) in [5, 5.41) is 12.1. The first-order chi connectivity index (χ1) is 17.1. The van der Waals surface area contributed by atoms with E-state index in [1.807, 2.05) is 7.05 Å². The van der Waals surface area contributed by atoms with Crippen molar-refractivity contribution in [1.29, 1.82) is 0 Å². The molecule has 1 fully saturated rings. The number of benzene rings is 2. The molecule has 0 spiro atoms. The summed E-state index contributed by atoms with van der Waals surface area (Å²) >= 11 is 1.65. The van der Waals surface area contributed by atoms with Crippen molar-refractivity contribution in [1.82, 2.24) is 14.9 Å². The molecule has 0 bridgehead atoms. The lowest BCUT2D eigenvalue weighted by molar-refractivity contribution is -0.0473. The highest BCUT2D eigenvalue weighted by Crippen LogP contribution is 2.38. The van der Waals surface area contributed by atoms with E-state index < -0.39 is 5.92 Å². The predicted octanol–water partition coefficient (Wildman–Crippen LogP) is 6.38. The Hall–Kier alpha value is -2.16. The van der Waals surface area contributed by atoms with Crippen molar-refractivity contribution in [3.8, 4) is 0 Å². The van der Waals surface area contributed by atoms with Gasteiger partial charge in [0.1, 0.15) is 5.82 Å². The number of aliphatic hydroxyl groups is 1. The van der Waals surface area contributed by atoms with Gasteiger partial charge in [-0.2, -0.15) is 0 Å². The third kappa shape index (κ3) is 6.58. The van der Waals surface area contributed by atoms with Crippen molar-refractivity contribution < 1.29 is 13.9 Å². The van der Waals surface area contributed by atoms with Crippen molar-refractivity contribution in [3.05, 3.63) is 53.9 Å². The third-order valence-corrected chi connectivity index (χ3v) is 7.79. The van der Waals surface area contributed by atoms with Crippen LogP contribution < -0.4 is 9.62 Å². The number of hydrogen-bond donors (Lipinski definition) is 2. The van der Waals surface area contributed by atoms with E-state index in [4.69, 9.17) is 10.1 Å². The van der Waals surface area contributed by atoms with Gasteiger partial charge in [-0.15, -0.1) is 0 Å². The minimum Gasteiger partial charge on any atom is -0.395 e. The first kappa shape index (κ1) is 26.9. The molecule has 1 saturated carbocycles. The van der Waals surface area contributed by atoms with Gasteiger partial charge in [0.05, 0.1) is 17.6 Å². The van der Waals surface area contributed by atoms with E-state index in [9.17, 15) is 8.78 Å². The van der Waals surface area contributed by atoms with E-state index in [0.717, 1.165) is 40.5 Å². The maximum atomic E-state index is 13.7. The van der Waals surface area contributed by atoms with Crippen LogP contribution in [0.4, 0.5) is 14.5 Å². The van der Waals surface area contributed by atoms with E-state index >= 15 is 0 Å². The minimum atomic E-state index is -2.51. The number of nitrogens with zero attached hydrogens (tertiary/aromatic N) is 3. The average Bonchev–Trinajstić information content (AvgIpc) is 3.20. The predicted molar refractivity (Wildman–Crippen MR) is 145 cm³/mol. The maximum Gasteiger partial charge on any atom is 0.248 e. The van der Waals surface area contributed by atoms with Crippen molar-refractivity contribution in [2.45, 2.75) is 75.8 Å². The summed E-state index contributed by atoms with van der Waals surface area (Å²) in [6, 6.07) is 14.8. The summed E-state index contributed by atoms with van der Waals surface area (Å²) in [5.41, 5.74) is 4.10. The fourth-order valence-corrected chi connectivity index (χ4v) is 5.60. The first-order valence-electron chi connectivity index (χ1n) is 12.8. The van der Waals surface area contributed by atoms with Crippen LogP contribution in [0.2, 0.25) is 0 Å². The van der Waals surface area contributed by atoms with Gasteiger partial charge in [0.2, 0.25) is 5.92 Å². The van der Waals surface area contributed by atoms with E-state index in [0.29, 0.717) is 19.4 Å². The molecule has 1 heterocycles. The Morgan fingerprint density at radius 3 is 2.47 bits per heavy atom. The summed E-state index contributed by atoms with van der Waals surface area (Å²) in [4.78, 5) is 6.17. The molecule has 3 aromatic rings. The van der Waals surface area contributed by atoms with Crippen LogP contribution in [0.15, 0.2) is 47.4 Å². The Morgan fingerprint density at radius 1 is 1.14 bits per heavy atom. The lowest BCUT2D eigenvalue weighted by Crippen LogP contribution is -2.28. The monoisotopic (exact) mass is 516 g/mol. The van der Waals surface area contributed by atoms with Gasteiger partial charge in [-0.05, 0) is 66.6 Å². The molecule has 0 amide bonds. The maximum absolute atomic E-state index is 13.7. The highest BCUT2D eigenvalue weighted by atomic mass is 32.2. The van der Waals surface area contributed by atoms with Gasteiger partial charge in [0, 0.05) is 55.5 Å². The molecule has 0 aliphatic heterocycles. The van der Waals surface area contributed by atoms with Crippen molar-refractivity contribution in [2.24, 2.45) is 5.92 Å². The molecule has 0 saturated heterocycles. The van der Waals surface area contributed by atoms with Crippen LogP contribution in [0, 0.1) is 5.92 Å². The van der Waals surface area contributed by atoms with Crippen LogP contribution in [0.3, 0.4) is 0 Å². The van der Waals surface area contributed by atoms with Crippen molar-refractivity contribution in [2.75, 3.05) is 24.5 Å². The van der Waals surface area contributed by atoms with E-state index in [1.165, 1.54) is 5.56 Å². The Kier molecular flexibility index (Phi) is 8.27. The molecule has 2 aromatic carbocycles. The second kappa shape index (κ2) is 11.1. The molecule has 36 heavy (non-hydrogen) atoms. The third-order valence-electron chi connectivity index (χ3n) is 6.83. The fraction of sp³-hybridized carbons (Fsp3) is 0.536. The van der Waals surface area contributed by atoms with E-state index in [1.54, 1.807) is 11.9 Å². The van der Waals surface area contributed by atoms with Crippen LogP contribution in [0.5, 0.6) is 0 Å². The number of imidazole rings is 1. The summed E-state index contributed by atoms with van der Waals surface area (Å²) < 4.78 is 31.8. The number of halogens is 2. The van der Waals surface area contributed by atoms with E-state index in [2.05, 4.69) is 77.4 Å². The van der Waals surface area contributed by atoms with Gasteiger partial charge in [-0.3, -0.25) is 0 Å². The van der Waals surface area contributed by atoms with Crippen LogP contribution >= 0.6 is 11.9 Å². The van der Waals surface area contributed by atoms with Crippen LogP contribution in [-0.2, 0) is 18.5 Å². The normalized spacial score (nSPS) is 16.5. The number of anilines is 1. The Bertz CT molecular complexity index is 1150. The molecule has 1 aliphatic rings. The second-order valence-corrected chi connectivity index (χ2v) is 12.1. The molecular weight excluding hydrogens is 478 g/mol. The smallest absolute Gasteiger partial charge is 0.248 e. The lowest BCUT2D eigenvalue weighted by Gasteiger charge is -2.30. The van der Waals surface area contributed by atoms with Gasteiger partial charge in [-0.25, -0.2) is 13.8 Å². The standard InChI is InChI=1S/C28H38F2N4OS/c1-27(2,3)26-32-24-17-22(33(4)36-23-8-5-20(6-9-23)18-31-15-16-35)7-10-25(24)34(26)19-21-11-13-28(29,30)14-12-21/h5-10,17,21,31,35H,11-16,18-19H2,1-4H3. The van der Waals surface area contributed by atoms with Gasteiger partial charge < -0.3 is 19.3 Å². The van der Waals surface area contributed by atoms with Crippen LogP contribution in [0.25, 0.3) is 11.0 Å². The second-order valence-electron chi connectivity index (χ2n) is 10.9. The van der Waals surface area contributed by atoms with Gasteiger partial charge in [0.15, 0.2) is 0 Å².